The molecule has 0 spiro atoms. The monoisotopic (exact) mass is 390 g/mol. The Balaban J connectivity index is 1.85. The predicted molar refractivity (Wildman–Crippen MR) is 96.6 cm³/mol. The van der Waals surface area contributed by atoms with Gasteiger partial charge in [0.15, 0.2) is 0 Å². The van der Waals surface area contributed by atoms with E-state index in [4.69, 9.17) is 10.00 Å². The van der Waals surface area contributed by atoms with Crippen LogP contribution in [0.3, 0.4) is 0 Å². The van der Waals surface area contributed by atoms with Gasteiger partial charge in [0.2, 0.25) is 5.91 Å². The molecule has 0 saturated carbocycles. The number of carbonyl (C=O) groups is 1. The van der Waals surface area contributed by atoms with Crippen LogP contribution in [-0.2, 0) is 10.5 Å². The van der Waals surface area contributed by atoms with Crippen LogP contribution in [0, 0.1) is 11.3 Å². The van der Waals surface area contributed by atoms with Gasteiger partial charge in [0.25, 0.3) is 0 Å². The molecule has 0 heterocycles. The van der Waals surface area contributed by atoms with Crippen LogP contribution in [0.1, 0.15) is 11.1 Å². The van der Waals surface area contributed by atoms with E-state index in [0.717, 1.165) is 15.8 Å². The van der Waals surface area contributed by atoms with E-state index in [1.165, 1.54) is 11.8 Å². The Morgan fingerprint density at radius 2 is 2.04 bits per heavy atom. The summed E-state index contributed by atoms with van der Waals surface area (Å²) in [5.74, 6) is 1.76. The van der Waals surface area contributed by atoms with Crippen LogP contribution in [-0.4, -0.2) is 18.8 Å². The van der Waals surface area contributed by atoms with Gasteiger partial charge in [-0.15, -0.1) is 11.8 Å². The number of ether oxygens (including phenoxy) is 1. The highest BCUT2D eigenvalue weighted by Crippen LogP contribution is 2.26. The van der Waals surface area contributed by atoms with Crippen molar-refractivity contribution in [3.8, 4) is 11.8 Å². The molecule has 2 aromatic rings. The largest absolute Gasteiger partial charge is 0.496 e. The van der Waals surface area contributed by atoms with E-state index in [2.05, 4.69) is 21.2 Å². The van der Waals surface area contributed by atoms with Crippen LogP contribution in [0.5, 0.6) is 5.75 Å². The number of anilines is 1. The van der Waals surface area contributed by atoms with E-state index in [-0.39, 0.29) is 5.91 Å². The molecule has 1 amide bonds. The topological polar surface area (TPSA) is 62.1 Å². The number of nitrogens with one attached hydrogen (secondary N) is 1. The molecule has 0 aromatic heterocycles. The van der Waals surface area contributed by atoms with Gasteiger partial charge in [-0.25, -0.2) is 0 Å². The first-order valence-electron chi connectivity index (χ1n) is 6.82. The third kappa shape index (κ3) is 5.31. The fraction of sp³-hybridized carbons (Fsp3) is 0.176. The van der Waals surface area contributed by atoms with Gasteiger partial charge in [-0.1, -0.05) is 15.9 Å². The average molecular weight is 391 g/mol. The molecule has 118 valence electrons. The van der Waals surface area contributed by atoms with Crippen LogP contribution in [0.4, 0.5) is 5.69 Å². The third-order valence-corrected chi connectivity index (χ3v) is 4.51. The maximum atomic E-state index is 11.9. The molecule has 0 aliphatic rings. The first-order chi connectivity index (χ1) is 11.1. The predicted octanol–water partition coefficient (Wildman–Crippen LogP) is 4.20. The number of nitriles is 1. The number of amides is 1. The Hall–Kier alpha value is -1.97. The number of benzene rings is 2. The highest BCUT2D eigenvalue weighted by atomic mass is 79.9. The molecule has 2 aromatic carbocycles. The molecule has 0 aliphatic heterocycles. The summed E-state index contributed by atoms with van der Waals surface area (Å²) in [7, 11) is 1.63. The van der Waals surface area contributed by atoms with Crippen LogP contribution in [0.2, 0.25) is 0 Å². The number of methoxy groups -OCH3 is 1. The quantitative estimate of drug-likeness (QED) is 0.802. The Labute approximate surface area is 148 Å². The second kappa shape index (κ2) is 8.61. The summed E-state index contributed by atoms with van der Waals surface area (Å²) in [5.41, 5.74) is 2.30. The summed E-state index contributed by atoms with van der Waals surface area (Å²) >= 11 is 4.95. The zero-order chi connectivity index (χ0) is 16.7. The number of thioether (sulfide) groups is 1. The van der Waals surface area contributed by atoms with Gasteiger partial charge in [0.05, 0.1) is 24.5 Å². The standard InChI is InChI=1S/C17H15BrN2O2S/c1-22-16-7-4-14(18)8-13(16)10-23-11-17(21)20-15-5-2-12(9-19)3-6-15/h2-8H,10-11H2,1H3,(H,20,21). The van der Waals surface area contributed by atoms with Crippen molar-refractivity contribution in [3.05, 3.63) is 58.1 Å². The molecule has 0 unspecified atom stereocenters. The molecule has 0 fully saturated rings. The molecule has 0 saturated heterocycles. The number of halogens is 1. The van der Waals surface area contributed by atoms with Crippen molar-refractivity contribution in [2.45, 2.75) is 5.75 Å². The van der Waals surface area contributed by atoms with Crippen LogP contribution in [0.15, 0.2) is 46.9 Å². The first-order valence-corrected chi connectivity index (χ1v) is 8.77. The molecule has 0 radical (unpaired) electrons. The van der Waals surface area contributed by atoms with Crippen molar-refractivity contribution >= 4 is 39.3 Å². The van der Waals surface area contributed by atoms with E-state index >= 15 is 0 Å². The second-order valence-electron chi connectivity index (χ2n) is 4.69. The normalized spacial score (nSPS) is 9.96. The van der Waals surface area contributed by atoms with Gasteiger partial charge in [-0.2, -0.15) is 5.26 Å². The maximum Gasteiger partial charge on any atom is 0.234 e. The molecule has 0 bridgehead atoms. The van der Waals surface area contributed by atoms with Crippen molar-refractivity contribution in [1.82, 2.24) is 0 Å². The fourth-order valence-electron chi connectivity index (χ4n) is 1.94. The summed E-state index contributed by atoms with van der Waals surface area (Å²) in [6.07, 6.45) is 0. The van der Waals surface area contributed by atoms with Gasteiger partial charge in [-0.05, 0) is 42.5 Å². The number of hydrogen-bond donors (Lipinski definition) is 1. The minimum absolute atomic E-state index is 0.0753. The minimum atomic E-state index is -0.0753. The number of hydrogen-bond acceptors (Lipinski definition) is 4. The minimum Gasteiger partial charge on any atom is -0.496 e. The Bertz CT molecular complexity index is 726. The average Bonchev–Trinajstić information content (AvgIpc) is 2.56. The van der Waals surface area contributed by atoms with Gasteiger partial charge >= 0.3 is 0 Å². The molecule has 23 heavy (non-hydrogen) atoms. The summed E-state index contributed by atoms with van der Waals surface area (Å²) in [6, 6.07) is 14.6. The van der Waals surface area contributed by atoms with Crippen molar-refractivity contribution < 1.29 is 9.53 Å². The lowest BCUT2D eigenvalue weighted by Gasteiger charge is -2.09. The number of rotatable bonds is 6. The van der Waals surface area contributed by atoms with E-state index < -0.39 is 0 Å². The van der Waals surface area contributed by atoms with Crippen molar-refractivity contribution in [2.24, 2.45) is 0 Å². The van der Waals surface area contributed by atoms with Crippen LogP contribution >= 0.6 is 27.7 Å². The highest BCUT2D eigenvalue weighted by Gasteiger charge is 2.07. The van der Waals surface area contributed by atoms with E-state index in [1.54, 1.807) is 31.4 Å². The van der Waals surface area contributed by atoms with E-state index in [1.807, 2.05) is 24.3 Å². The molecule has 4 nitrogen and oxygen atoms in total. The Morgan fingerprint density at radius 1 is 1.30 bits per heavy atom. The molecular formula is C17H15BrN2O2S. The van der Waals surface area contributed by atoms with Crippen molar-refractivity contribution in [1.29, 1.82) is 5.26 Å². The molecule has 2 rings (SSSR count). The molecular weight excluding hydrogens is 376 g/mol. The zero-order valence-electron chi connectivity index (χ0n) is 12.5. The summed E-state index contributed by atoms with van der Waals surface area (Å²) in [6.45, 7) is 0. The summed E-state index contributed by atoms with van der Waals surface area (Å²) < 4.78 is 6.30. The zero-order valence-corrected chi connectivity index (χ0v) is 14.9. The smallest absolute Gasteiger partial charge is 0.234 e. The Kier molecular flexibility index (Phi) is 6.51. The first kappa shape index (κ1) is 17.4. The van der Waals surface area contributed by atoms with E-state index in [0.29, 0.717) is 22.8 Å². The Morgan fingerprint density at radius 3 is 2.70 bits per heavy atom. The number of carbonyl (C=O) groups excluding carboxylic acids is 1. The van der Waals surface area contributed by atoms with Crippen LogP contribution in [0.25, 0.3) is 0 Å². The van der Waals surface area contributed by atoms with Gasteiger partial charge < -0.3 is 10.1 Å². The molecule has 1 N–H and O–H groups in total. The molecule has 0 atom stereocenters. The van der Waals surface area contributed by atoms with Gasteiger partial charge in [0, 0.05) is 21.5 Å². The summed E-state index contributed by atoms with van der Waals surface area (Å²) in [5, 5.41) is 11.6. The van der Waals surface area contributed by atoms with Crippen molar-refractivity contribution in [3.63, 3.8) is 0 Å². The SMILES string of the molecule is COc1ccc(Br)cc1CSCC(=O)Nc1ccc(C#N)cc1. The summed E-state index contributed by atoms with van der Waals surface area (Å²) in [4.78, 5) is 11.9. The van der Waals surface area contributed by atoms with Gasteiger partial charge in [0.1, 0.15) is 5.75 Å². The highest BCUT2D eigenvalue weighted by molar-refractivity contribution is 9.10. The van der Waals surface area contributed by atoms with Crippen LogP contribution < -0.4 is 10.1 Å². The molecule has 6 heteroatoms. The van der Waals surface area contributed by atoms with Crippen molar-refractivity contribution in [2.75, 3.05) is 18.2 Å². The molecule has 0 aliphatic carbocycles. The lowest BCUT2D eigenvalue weighted by atomic mass is 10.2. The van der Waals surface area contributed by atoms with E-state index in [9.17, 15) is 4.79 Å². The fourth-order valence-corrected chi connectivity index (χ4v) is 3.15. The lowest BCUT2D eigenvalue weighted by Crippen LogP contribution is -2.14. The third-order valence-electron chi connectivity index (χ3n) is 3.03. The van der Waals surface area contributed by atoms with Gasteiger partial charge in [-0.3, -0.25) is 4.79 Å². The lowest BCUT2D eigenvalue weighted by molar-refractivity contribution is -0.113. The second-order valence-corrected chi connectivity index (χ2v) is 6.59. The number of nitrogens with zero attached hydrogens (tertiary/aromatic N) is 1. The maximum absolute atomic E-state index is 11.9.